The maximum atomic E-state index is 5.72. The molecular formula is C15H23N. The van der Waals surface area contributed by atoms with Crippen LogP contribution in [0.4, 0.5) is 0 Å². The van der Waals surface area contributed by atoms with Gasteiger partial charge in [0.1, 0.15) is 0 Å². The summed E-state index contributed by atoms with van der Waals surface area (Å²) in [5.41, 5.74) is 9.04. The van der Waals surface area contributed by atoms with Gasteiger partial charge in [-0.1, -0.05) is 44.5 Å². The topological polar surface area (TPSA) is 26.0 Å². The van der Waals surface area contributed by atoms with Gasteiger partial charge in [-0.25, -0.2) is 0 Å². The second-order valence-electron chi connectivity index (χ2n) is 5.64. The molecular weight excluding hydrogens is 194 g/mol. The zero-order chi connectivity index (χ0) is 11.6. The van der Waals surface area contributed by atoms with E-state index in [-0.39, 0.29) is 5.41 Å². The lowest BCUT2D eigenvalue weighted by Gasteiger charge is -2.34. The number of hydrogen-bond acceptors (Lipinski definition) is 1. The van der Waals surface area contributed by atoms with Crippen molar-refractivity contribution < 1.29 is 0 Å². The predicted molar refractivity (Wildman–Crippen MR) is 69.7 cm³/mol. The van der Waals surface area contributed by atoms with Crippen molar-refractivity contribution in [1.82, 2.24) is 0 Å². The maximum absolute atomic E-state index is 5.72. The maximum Gasteiger partial charge on any atom is -0.00690 e. The van der Waals surface area contributed by atoms with Crippen LogP contribution in [0.15, 0.2) is 24.3 Å². The van der Waals surface area contributed by atoms with Gasteiger partial charge in [0, 0.05) is 0 Å². The van der Waals surface area contributed by atoms with Gasteiger partial charge in [-0.2, -0.15) is 0 Å². The average molecular weight is 217 g/mol. The van der Waals surface area contributed by atoms with Crippen molar-refractivity contribution >= 4 is 0 Å². The summed E-state index contributed by atoms with van der Waals surface area (Å²) in [7, 11) is 0. The zero-order valence-corrected chi connectivity index (χ0v) is 10.5. The molecule has 0 amide bonds. The van der Waals surface area contributed by atoms with E-state index in [4.69, 9.17) is 5.73 Å². The van der Waals surface area contributed by atoms with Gasteiger partial charge in [0.15, 0.2) is 0 Å². The van der Waals surface area contributed by atoms with Gasteiger partial charge < -0.3 is 5.73 Å². The van der Waals surface area contributed by atoms with Crippen LogP contribution in [0.1, 0.15) is 56.6 Å². The highest BCUT2D eigenvalue weighted by Crippen LogP contribution is 2.41. The lowest BCUT2D eigenvalue weighted by atomic mass is 9.71. The Balaban J connectivity index is 2.31. The van der Waals surface area contributed by atoms with Crippen LogP contribution in [0, 0.1) is 0 Å². The lowest BCUT2D eigenvalue weighted by molar-refractivity contribution is 0.402. The Hall–Kier alpha value is -0.820. The Morgan fingerprint density at radius 2 is 1.94 bits per heavy atom. The highest BCUT2D eigenvalue weighted by molar-refractivity contribution is 5.36. The molecule has 0 unspecified atom stereocenters. The van der Waals surface area contributed by atoms with Gasteiger partial charge in [-0.05, 0) is 48.3 Å². The van der Waals surface area contributed by atoms with E-state index in [1.165, 1.54) is 24.8 Å². The van der Waals surface area contributed by atoms with Gasteiger partial charge in [-0.15, -0.1) is 0 Å². The molecule has 0 atom stereocenters. The minimum Gasteiger partial charge on any atom is -0.330 e. The molecule has 1 fully saturated rings. The Labute approximate surface area is 99.0 Å². The Morgan fingerprint density at radius 1 is 1.25 bits per heavy atom. The summed E-state index contributed by atoms with van der Waals surface area (Å²) in [6.45, 7) is 5.40. The van der Waals surface area contributed by atoms with Crippen LogP contribution >= 0.6 is 0 Å². The first-order valence-corrected chi connectivity index (χ1v) is 6.44. The molecule has 88 valence electrons. The van der Waals surface area contributed by atoms with Crippen molar-refractivity contribution in [2.75, 3.05) is 6.54 Å². The molecule has 0 aromatic heterocycles. The van der Waals surface area contributed by atoms with E-state index < -0.39 is 0 Å². The molecule has 1 heteroatoms. The second kappa shape index (κ2) is 4.58. The third-order valence-electron chi connectivity index (χ3n) is 4.00. The van der Waals surface area contributed by atoms with Crippen molar-refractivity contribution in [2.24, 2.45) is 5.73 Å². The number of nitrogens with two attached hydrogens (primary N) is 1. The van der Waals surface area contributed by atoms with Crippen LogP contribution in [-0.2, 0) is 5.41 Å². The Bertz CT molecular complexity index is 350. The van der Waals surface area contributed by atoms with E-state index in [1.54, 1.807) is 5.56 Å². The number of hydrogen-bond donors (Lipinski definition) is 1. The number of benzene rings is 1. The van der Waals surface area contributed by atoms with Gasteiger partial charge in [-0.3, -0.25) is 0 Å². The van der Waals surface area contributed by atoms with Crippen molar-refractivity contribution in [2.45, 2.75) is 50.9 Å². The van der Waals surface area contributed by atoms with E-state index in [0.717, 1.165) is 18.9 Å². The summed E-state index contributed by atoms with van der Waals surface area (Å²) in [6.07, 6.45) is 5.21. The fourth-order valence-electron chi connectivity index (χ4n) is 2.68. The van der Waals surface area contributed by atoms with Gasteiger partial charge in [0.05, 0.1) is 0 Å². The van der Waals surface area contributed by atoms with Crippen LogP contribution in [-0.4, -0.2) is 6.54 Å². The highest BCUT2D eigenvalue weighted by Gasteiger charge is 2.28. The molecule has 1 aromatic carbocycles. The van der Waals surface area contributed by atoms with Crippen molar-refractivity contribution in [3.05, 3.63) is 35.4 Å². The molecule has 1 aliphatic rings. The minimum absolute atomic E-state index is 0.223. The van der Waals surface area contributed by atoms with Crippen molar-refractivity contribution in [3.63, 3.8) is 0 Å². The summed E-state index contributed by atoms with van der Waals surface area (Å²) in [6, 6.07) is 8.95. The molecule has 0 heterocycles. The summed E-state index contributed by atoms with van der Waals surface area (Å²) in [5, 5.41) is 0. The molecule has 2 rings (SSSR count). The van der Waals surface area contributed by atoms with E-state index in [9.17, 15) is 0 Å². The first-order chi connectivity index (χ1) is 7.65. The first kappa shape index (κ1) is 11.7. The van der Waals surface area contributed by atoms with Crippen LogP contribution in [0.25, 0.3) is 0 Å². The molecule has 1 saturated carbocycles. The largest absolute Gasteiger partial charge is 0.330 e. The molecule has 0 aliphatic heterocycles. The van der Waals surface area contributed by atoms with Gasteiger partial charge >= 0.3 is 0 Å². The second-order valence-corrected chi connectivity index (χ2v) is 5.64. The normalized spacial score (nSPS) is 17.2. The van der Waals surface area contributed by atoms with Crippen molar-refractivity contribution in [3.8, 4) is 0 Å². The van der Waals surface area contributed by atoms with E-state index in [1.807, 2.05) is 0 Å². The standard InChI is InChI=1S/C15H23N/c1-15(2,10-11-16)14-9-4-3-8-13(14)12-6-5-7-12/h3-4,8-9,12H,5-7,10-11,16H2,1-2H3. The fourth-order valence-corrected chi connectivity index (χ4v) is 2.68. The molecule has 0 saturated heterocycles. The van der Waals surface area contributed by atoms with Crippen molar-refractivity contribution in [1.29, 1.82) is 0 Å². The molecule has 0 spiro atoms. The average Bonchev–Trinajstić information content (AvgIpc) is 2.15. The van der Waals surface area contributed by atoms with Crippen LogP contribution in [0.3, 0.4) is 0 Å². The minimum atomic E-state index is 0.223. The SMILES string of the molecule is CC(C)(CCN)c1ccccc1C1CCC1. The molecule has 1 aliphatic carbocycles. The lowest BCUT2D eigenvalue weighted by Crippen LogP contribution is -2.25. The smallest absolute Gasteiger partial charge is 0.00690 e. The fraction of sp³-hybridized carbons (Fsp3) is 0.600. The zero-order valence-electron chi connectivity index (χ0n) is 10.5. The highest BCUT2D eigenvalue weighted by atomic mass is 14.5. The van der Waals surface area contributed by atoms with Gasteiger partial charge in [0.2, 0.25) is 0 Å². The Kier molecular flexibility index (Phi) is 3.34. The summed E-state index contributed by atoms with van der Waals surface area (Å²) in [5.74, 6) is 0.813. The summed E-state index contributed by atoms with van der Waals surface area (Å²) >= 11 is 0. The molecule has 1 aromatic rings. The molecule has 2 N–H and O–H groups in total. The van der Waals surface area contributed by atoms with E-state index in [2.05, 4.69) is 38.1 Å². The van der Waals surface area contributed by atoms with E-state index in [0.29, 0.717) is 0 Å². The van der Waals surface area contributed by atoms with Gasteiger partial charge in [0.25, 0.3) is 0 Å². The Morgan fingerprint density at radius 3 is 2.50 bits per heavy atom. The molecule has 0 radical (unpaired) electrons. The van der Waals surface area contributed by atoms with Crippen LogP contribution in [0.2, 0.25) is 0 Å². The monoisotopic (exact) mass is 217 g/mol. The third-order valence-corrected chi connectivity index (χ3v) is 4.00. The predicted octanol–water partition coefficient (Wildman–Crippen LogP) is 3.58. The summed E-state index contributed by atoms with van der Waals surface area (Å²) < 4.78 is 0. The van der Waals surface area contributed by atoms with E-state index >= 15 is 0 Å². The molecule has 16 heavy (non-hydrogen) atoms. The summed E-state index contributed by atoms with van der Waals surface area (Å²) in [4.78, 5) is 0. The number of rotatable bonds is 4. The van der Waals surface area contributed by atoms with Crippen LogP contribution in [0.5, 0.6) is 0 Å². The molecule has 0 bridgehead atoms. The third kappa shape index (κ3) is 2.15. The van der Waals surface area contributed by atoms with Crippen LogP contribution < -0.4 is 5.73 Å². The molecule has 1 nitrogen and oxygen atoms in total. The first-order valence-electron chi connectivity index (χ1n) is 6.44. The quantitative estimate of drug-likeness (QED) is 0.819.